The predicted octanol–water partition coefficient (Wildman–Crippen LogP) is 3.74. The minimum absolute atomic E-state index is 0. The first kappa shape index (κ1) is 21.0. The van der Waals surface area contributed by atoms with E-state index in [0.717, 1.165) is 0 Å². The highest BCUT2D eigenvalue weighted by Crippen LogP contribution is 2.40. The Morgan fingerprint density at radius 1 is 1.14 bits per heavy atom. The second-order valence-electron chi connectivity index (χ2n) is 4.24. The zero-order valence-electron chi connectivity index (χ0n) is 10.7. The quantitative estimate of drug-likeness (QED) is 0.784. The molecule has 0 aliphatic carbocycles. The zero-order chi connectivity index (χ0) is 14.0. The Hall–Kier alpha value is 0.0200. The Kier molecular flexibility index (Phi) is 8.61. The number of aromatic nitrogens is 1. The van der Waals surface area contributed by atoms with Crippen LogP contribution in [0.1, 0.15) is 11.6 Å². The average molecular weight is 387 g/mol. The summed E-state index contributed by atoms with van der Waals surface area (Å²) in [5.41, 5.74) is -0.0551. The van der Waals surface area contributed by atoms with Crippen LogP contribution in [0.25, 0.3) is 0 Å². The third kappa shape index (κ3) is 5.30. The number of alkyl halides is 3. The van der Waals surface area contributed by atoms with Gasteiger partial charge in [-0.15, -0.1) is 24.8 Å². The van der Waals surface area contributed by atoms with Gasteiger partial charge in [0.2, 0.25) is 0 Å². The lowest BCUT2D eigenvalue weighted by atomic mass is 10.1. The maximum absolute atomic E-state index is 13.3. The summed E-state index contributed by atoms with van der Waals surface area (Å²) < 4.78 is 39.9. The van der Waals surface area contributed by atoms with E-state index in [4.69, 9.17) is 23.2 Å². The van der Waals surface area contributed by atoms with Crippen LogP contribution >= 0.6 is 48.0 Å². The molecule has 0 radical (unpaired) electrons. The van der Waals surface area contributed by atoms with Gasteiger partial charge in [-0.3, -0.25) is 4.90 Å². The van der Waals surface area contributed by atoms with Gasteiger partial charge in [0.25, 0.3) is 0 Å². The molecule has 0 bridgehead atoms. The maximum Gasteiger partial charge on any atom is 0.408 e. The summed E-state index contributed by atoms with van der Waals surface area (Å²) in [4.78, 5) is 5.05. The SMILES string of the molecule is Cl.Cl.FC(F)(F)[C@@H](c1ccc(Cl)nc1Cl)N1CCNCC1. The lowest BCUT2D eigenvalue weighted by Gasteiger charge is -2.36. The molecule has 0 unspecified atom stereocenters. The lowest BCUT2D eigenvalue weighted by Crippen LogP contribution is -2.49. The van der Waals surface area contributed by atoms with Gasteiger partial charge in [0.1, 0.15) is 16.3 Å². The van der Waals surface area contributed by atoms with Gasteiger partial charge in [0.05, 0.1) is 0 Å². The van der Waals surface area contributed by atoms with Crippen molar-refractivity contribution in [3.05, 3.63) is 28.0 Å². The fourth-order valence-corrected chi connectivity index (χ4v) is 2.60. The molecule has 1 fully saturated rings. The smallest absolute Gasteiger partial charge is 0.314 e. The van der Waals surface area contributed by atoms with E-state index in [2.05, 4.69) is 10.3 Å². The molecule has 1 aliphatic heterocycles. The van der Waals surface area contributed by atoms with Crippen molar-refractivity contribution in [2.24, 2.45) is 0 Å². The number of nitrogens with zero attached hydrogens (tertiary/aromatic N) is 2. The van der Waals surface area contributed by atoms with Gasteiger partial charge in [-0.25, -0.2) is 4.98 Å². The number of piperazine rings is 1. The minimum atomic E-state index is -4.41. The second kappa shape index (κ2) is 8.60. The molecule has 21 heavy (non-hydrogen) atoms. The molecular formula is C11H14Cl4F3N3. The van der Waals surface area contributed by atoms with Gasteiger partial charge < -0.3 is 5.32 Å². The number of nitrogens with one attached hydrogen (secondary N) is 1. The summed E-state index contributed by atoms with van der Waals surface area (Å²) in [5.74, 6) is 0. The normalized spacial score (nSPS) is 17.6. The molecule has 1 aliphatic rings. The molecule has 0 aromatic carbocycles. The molecule has 1 N–H and O–H groups in total. The first-order chi connectivity index (χ1) is 8.89. The summed E-state index contributed by atoms with van der Waals surface area (Å²) in [6.07, 6.45) is -4.41. The summed E-state index contributed by atoms with van der Waals surface area (Å²) in [6, 6.07) is 0.869. The average Bonchev–Trinajstić information content (AvgIpc) is 2.32. The van der Waals surface area contributed by atoms with E-state index in [9.17, 15) is 13.2 Å². The Morgan fingerprint density at radius 3 is 2.19 bits per heavy atom. The molecule has 0 saturated carbocycles. The first-order valence-corrected chi connectivity index (χ1v) is 6.48. The Morgan fingerprint density at radius 2 is 1.71 bits per heavy atom. The van der Waals surface area contributed by atoms with Crippen molar-refractivity contribution in [1.29, 1.82) is 0 Å². The number of hydrogen-bond donors (Lipinski definition) is 1. The lowest BCUT2D eigenvalue weighted by molar-refractivity contribution is -0.187. The van der Waals surface area contributed by atoms with E-state index >= 15 is 0 Å². The Bertz CT molecular complexity index is 453. The molecule has 2 heterocycles. The van der Waals surface area contributed by atoms with Crippen LogP contribution in [-0.2, 0) is 0 Å². The van der Waals surface area contributed by atoms with Crippen molar-refractivity contribution in [1.82, 2.24) is 15.2 Å². The van der Waals surface area contributed by atoms with Crippen LogP contribution < -0.4 is 5.32 Å². The van der Waals surface area contributed by atoms with Crippen LogP contribution in [0.2, 0.25) is 10.3 Å². The fraction of sp³-hybridized carbons (Fsp3) is 0.545. The van der Waals surface area contributed by atoms with Crippen molar-refractivity contribution in [2.45, 2.75) is 12.2 Å². The molecule has 122 valence electrons. The zero-order valence-corrected chi connectivity index (χ0v) is 13.8. The van der Waals surface area contributed by atoms with E-state index in [1.807, 2.05) is 0 Å². The van der Waals surface area contributed by atoms with Crippen LogP contribution in [0.15, 0.2) is 12.1 Å². The van der Waals surface area contributed by atoms with Gasteiger partial charge in [0.15, 0.2) is 0 Å². The molecular weight excluding hydrogens is 373 g/mol. The van der Waals surface area contributed by atoms with Crippen LogP contribution in [0, 0.1) is 0 Å². The highest BCUT2D eigenvalue weighted by Gasteiger charge is 2.46. The van der Waals surface area contributed by atoms with Gasteiger partial charge in [-0.1, -0.05) is 29.3 Å². The summed E-state index contributed by atoms with van der Waals surface area (Å²) in [7, 11) is 0. The van der Waals surface area contributed by atoms with Crippen molar-refractivity contribution < 1.29 is 13.2 Å². The van der Waals surface area contributed by atoms with Crippen LogP contribution in [0.3, 0.4) is 0 Å². The third-order valence-electron chi connectivity index (χ3n) is 2.96. The summed E-state index contributed by atoms with van der Waals surface area (Å²) >= 11 is 11.4. The third-order valence-corrected chi connectivity index (χ3v) is 3.48. The van der Waals surface area contributed by atoms with Crippen molar-refractivity contribution in [3.8, 4) is 0 Å². The van der Waals surface area contributed by atoms with Crippen molar-refractivity contribution in [3.63, 3.8) is 0 Å². The standard InChI is InChI=1S/C11H12Cl2F3N3.2ClH/c12-8-2-1-7(10(13)18-8)9(11(14,15)16)19-5-3-17-4-6-19;;/h1-2,9,17H,3-6H2;2*1H/t9-;;/m1../s1. The van der Waals surface area contributed by atoms with E-state index in [0.29, 0.717) is 26.2 Å². The molecule has 1 aromatic rings. The van der Waals surface area contributed by atoms with Gasteiger partial charge in [-0.05, 0) is 6.07 Å². The van der Waals surface area contributed by atoms with Gasteiger partial charge in [-0.2, -0.15) is 13.2 Å². The van der Waals surface area contributed by atoms with Crippen molar-refractivity contribution in [2.75, 3.05) is 26.2 Å². The Balaban J connectivity index is 0.00000200. The highest BCUT2D eigenvalue weighted by atomic mass is 35.5. The van der Waals surface area contributed by atoms with Crippen molar-refractivity contribution >= 4 is 48.0 Å². The van der Waals surface area contributed by atoms with E-state index in [-0.39, 0.29) is 40.7 Å². The second-order valence-corrected chi connectivity index (χ2v) is 4.99. The topological polar surface area (TPSA) is 28.2 Å². The van der Waals surface area contributed by atoms with Crippen LogP contribution in [-0.4, -0.2) is 42.2 Å². The predicted molar refractivity (Wildman–Crippen MR) is 82.0 cm³/mol. The summed E-state index contributed by atoms with van der Waals surface area (Å²) in [6.45, 7) is 1.66. The maximum atomic E-state index is 13.3. The highest BCUT2D eigenvalue weighted by molar-refractivity contribution is 6.32. The number of halogens is 7. The van der Waals surface area contributed by atoms with E-state index in [1.54, 1.807) is 0 Å². The number of hydrogen-bond acceptors (Lipinski definition) is 3. The molecule has 1 aromatic heterocycles. The molecule has 0 amide bonds. The van der Waals surface area contributed by atoms with Gasteiger partial charge >= 0.3 is 6.18 Å². The minimum Gasteiger partial charge on any atom is -0.314 e. The van der Waals surface area contributed by atoms with Crippen LogP contribution in [0.4, 0.5) is 13.2 Å². The van der Waals surface area contributed by atoms with Gasteiger partial charge in [0, 0.05) is 31.7 Å². The number of pyridine rings is 1. The molecule has 3 nitrogen and oxygen atoms in total. The number of rotatable bonds is 2. The summed E-state index contributed by atoms with van der Waals surface area (Å²) in [5, 5.41) is 2.90. The van der Waals surface area contributed by atoms with E-state index < -0.39 is 12.2 Å². The molecule has 0 spiro atoms. The Labute approximate surface area is 143 Å². The largest absolute Gasteiger partial charge is 0.408 e. The molecule has 1 atom stereocenters. The molecule has 2 rings (SSSR count). The fourth-order valence-electron chi connectivity index (χ4n) is 2.15. The first-order valence-electron chi connectivity index (χ1n) is 5.73. The monoisotopic (exact) mass is 385 g/mol. The molecule has 10 heteroatoms. The molecule has 1 saturated heterocycles. The van der Waals surface area contributed by atoms with Crippen LogP contribution in [0.5, 0.6) is 0 Å². The van der Waals surface area contributed by atoms with E-state index in [1.165, 1.54) is 17.0 Å².